The van der Waals surface area contributed by atoms with Crippen LogP contribution in [0.15, 0.2) is 0 Å². The number of hydrogen-bond acceptors (Lipinski definition) is 8. The topological polar surface area (TPSA) is 192 Å². The van der Waals surface area contributed by atoms with Gasteiger partial charge in [0, 0.05) is 6.54 Å². The smallest absolute Gasteiger partial charge is 0.245 e. The number of aliphatic hydroxyl groups is 3. The summed E-state index contributed by atoms with van der Waals surface area (Å²) in [5, 5.41) is 34.6. The number of rotatable bonds is 7. The largest absolute Gasteiger partial charge is 0.388 e. The van der Waals surface area contributed by atoms with E-state index in [1.54, 1.807) is 0 Å². The van der Waals surface area contributed by atoms with Gasteiger partial charge in [-0.1, -0.05) is 0 Å². The number of aliphatic hydroxyl groups excluding tert-OH is 3. The van der Waals surface area contributed by atoms with E-state index in [4.69, 9.17) is 10.5 Å². The molecule has 2 aliphatic heterocycles. The van der Waals surface area contributed by atoms with Crippen molar-refractivity contribution in [2.24, 2.45) is 5.73 Å². The zero-order valence-electron chi connectivity index (χ0n) is 17.9. The SMILES string of the molecule is C[C@H](NC(=O)[C@@H]1CCCN1C(=O)[C@H](C)NC(=O)C[C@@H]1O[C@@H](C)[C@@H](O)[C@@H](O)[C@@H]1O)C(N)=O. The zero-order valence-corrected chi connectivity index (χ0v) is 17.9. The lowest BCUT2D eigenvalue weighted by molar-refractivity contribution is -0.218. The van der Waals surface area contributed by atoms with E-state index in [-0.39, 0.29) is 6.42 Å². The van der Waals surface area contributed by atoms with Gasteiger partial charge in [0.05, 0.1) is 18.6 Å². The molecule has 7 N–H and O–H groups in total. The van der Waals surface area contributed by atoms with Crippen molar-refractivity contribution in [3.8, 4) is 0 Å². The summed E-state index contributed by atoms with van der Waals surface area (Å²) in [7, 11) is 0. The Hall–Kier alpha value is -2.28. The van der Waals surface area contributed by atoms with Gasteiger partial charge >= 0.3 is 0 Å². The second-order valence-corrected chi connectivity index (χ2v) is 8.17. The first-order chi connectivity index (χ1) is 14.4. The first kappa shape index (κ1) is 25.0. The van der Waals surface area contributed by atoms with Crippen LogP contribution in [0.1, 0.15) is 40.0 Å². The van der Waals surface area contributed by atoms with Crippen molar-refractivity contribution in [3.05, 3.63) is 0 Å². The average molecular weight is 444 g/mol. The fraction of sp³-hybridized carbons (Fsp3) is 0.789. The Morgan fingerprint density at radius 1 is 1.06 bits per heavy atom. The third kappa shape index (κ3) is 5.91. The standard InChI is InChI=1S/C19H32N4O8/c1-8(17(20)28)22-18(29)11-5-4-6-23(11)19(30)9(2)21-13(24)7-12-15(26)16(27)14(25)10(3)31-12/h8-12,14-16,25-27H,4-7H2,1-3H3,(H2,20,28)(H,21,24)(H,22,29)/t8-,9-,10-,11-,12-,14+,15+,16+/m0/s1. The molecule has 31 heavy (non-hydrogen) atoms. The highest BCUT2D eigenvalue weighted by atomic mass is 16.5. The molecule has 0 spiro atoms. The number of nitrogens with zero attached hydrogens (tertiary/aromatic N) is 1. The second kappa shape index (κ2) is 10.4. The number of hydrogen-bond donors (Lipinski definition) is 6. The van der Waals surface area contributed by atoms with Crippen LogP contribution in [0, 0.1) is 0 Å². The molecule has 12 heteroatoms. The fourth-order valence-electron chi connectivity index (χ4n) is 3.78. The summed E-state index contributed by atoms with van der Waals surface area (Å²) >= 11 is 0. The maximum absolute atomic E-state index is 12.8. The minimum absolute atomic E-state index is 0.326. The minimum atomic E-state index is -1.46. The summed E-state index contributed by atoms with van der Waals surface area (Å²) in [5.41, 5.74) is 5.15. The van der Waals surface area contributed by atoms with Gasteiger partial charge in [-0.2, -0.15) is 0 Å². The van der Waals surface area contributed by atoms with Gasteiger partial charge in [0.25, 0.3) is 0 Å². The average Bonchev–Trinajstić information content (AvgIpc) is 3.19. The summed E-state index contributed by atoms with van der Waals surface area (Å²) < 4.78 is 5.39. The van der Waals surface area contributed by atoms with Gasteiger partial charge in [0.2, 0.25) is 23.6 Å². The van der Waals surface area contributed by atoms with E-state index in [0.717, 1.165) is 0 Å². The molecule has 2 saturated heterocycles. The van der Waals surface area contributed by atoms with Crippen molar-refractivity contribution in [3.63, 3.8) is 0 Å². The molecular formula is C19H32N4O8. The molecular weight excluding hydrogens is 412 g/mol. The molecule has 0 aromatic heterocycles. The van der Waals surface area contributed by atoms with Gasteiger partial charge in [0.15, 0.2) is 0 Å². The van der Waals surface area contributed by atoms with E-state index >= 15 is 0 Å². The van der Waals surface area contributed by atoms with Gasteiger partial charge in [-0.15, -0.1) is 0 Å². The van der Waals surface area contributed by atoms with Crippen LogP contribution in [0.25, 0.3) is 0 Å². The van der Waals surface area contributed by atoms with Crippen molar-refractivity contribution in [2.75, 3.05) is 6.54 Å². The molecule has 2 rings (SSSR count). The number of primary amides is 1. The number of nitrogens with one attached hydrogen (secondary N) is 2. The Morgan fingerprint density at radius 3 is 2.32 bits per heavy atom. The summed E-state index contributed by atoms with van der Waals surface area (Å²) in [6, 6.07) is -2.60. The molecule has 2 aliphatic rings. The predicted molar refractivity (Wildman–Crippen MR) is 106 cm³/mol. The summed E-state index contributed by atoms with van der Waals surface area (Å²) in [6.07, 6.45) is -5.32. The molecule has 2 heterocycles. The number of carbonyl (C=O) groups is 4. The van der Waals surface area contributed by atoms with Gasteiger partial charge in [-0.25, -0.2) is 0 Å². The third-order valence-corrected chi connectivity index (χ3v) is 5.71. The number of carbonyl (C=O) groups excluding carboxylic acids is 4. The van der Waals surface area contributed by atoms with Crippen molar-refractivity contribution < 1.29 is 39.2 Å². The van der Waals surface area contributed by atoms with E-state index in [1.165, 1.54) is 25.7 Å². The Morgan fingerprint density at radius 2 is 1.71 bits per heavy atom. The van der Waals surface area contributed by atoms with Gasteiger partial charge in [-0.3, -0.25) is 19.2 Å². The molecule has 0 saturated carbocycles. The van der Waals surface area contributed by atoms with Crippen LogP contribution < -0.4 is 16.4 Å². The molecule has 12 nitrogen and oxygen atoms in total. The summed E-state index contributed by atoms with van der Waals surface area (Å²) in [5.74, 6) is -2.24. The van der Waals surface area contributed by atoms with Gasteiger partial charge in [0.1, 0.15) is 36.4 Å². The lowest BCUT2D eigenvalue weighted by atomic mass is 9.94. The second-order valence-electron chi connectivity index (χ2n) is 8.17. The number of likely N-dealkylation sites (tertiary alicyclic amines) is 1. The number of nitrogens with two attached hydrogens (primary N) is 1. The van der Waals surface area contributed by atoms with Crippen molar-refractivity contribution in [1.29, 1.82) is 0 Å². The Kier molecular flexibility index (Phi) is 8.34. The van der Waals surface area contributed by atoms with E-state index < -0.39 is 72.3 Å². The molecule has 0 aromatic carbocycles. The molecule has 0 aliphatic carbocycles. The molecule has 176 valence electrons. The summed E-state index contributed by atoms with van der Waals surface area (Å²) in [6.45, 7) is 4.75. The van der Waals surface area contributed by atoms with Crippen LogP contribution in [0.3, 0.4) is 0 Å². The van der Waals surface area contributed by atoms with Crippen LogP contribution in [0.2, 0.25) is 0 Å². The third-order valence-electron chi connectivity index (χ3n) is 5.71. The lowest BCUT2D eigenvalue weighted by Crippen LogP contribution is -2.58. The van der Waals surface area contributed by atoms with Gasteiger partial charge in [-0.05, 0) is 33.6 Å². The maximum Gasteiger partial charge on any atom is 0.245 e. The van der Waals surface area contributed by atoms with E-state index in [9.17, 15) is 34.5 Å². The van der Waals surface area contributed by atoms with Crippen LogP contribution in [-0.4, -0.2) is 99.0 Å². The fourth-order valence-corrected chi connectivity index (χ4v) is 3.78. The quantitative estimate of drug-likeness (QED) is 0.235. The Balaban J connectivity index is 1.92. The van der Waals surface area contributed by atoms with Crippen LogP contribution in [-0.2, 0) is 23.9 Å². The number of ether oxygens (including phenoxy) is 1. The van der Waals surface area contributed by atoms with Crippen LogP contribution in [0.5, 0.6) is 0 Å². The summed E-state index contributed by atoms with van der Waals surface area (Å²) in [4.78, 5) is 50.1. The normalized spacial score (nSPS) is 32.8. The predicted octanol–water partition coefficient (Wildman–Crippen LogP) is -3.27. The molecule has 0 bridgehead atoms. The van der Waals surface area contributed by atoms with Crippen LogP contribution in [0.4, 0.5) is 0 Å². The highest BCUT2D eigenvalue weighted by Gasteiger charge is 2.43. The van der Waals surface area contributed by atoms with E-state index in [0.29, 0.717) is 19.4 Å². The Labute approximate surface area is 180 Å². The zero-order chi connectivity index (χ0) is 23.5. The first-order valence-corrected chi connectivity index (χ1v) is 10.3. The molecule has 0 radical (unpaired) electrons. The monoisotopic (exact) mass is 444 g/mol. The van der Waals surface area contributed by atoms with Crippen molar-refractivity contribution in [1.82, 2.24) is 15.5 Å². The van der Waals surface area contributed by atoms with Crippen molar-refractivity contribution in [2.45, 2.75) is 88.7 Å². The molecule has 8 atom stereocenters. The highest BCUT2D eigenvalue weighted by molar-refractivity contribution is 5.94. The van der Waals surface area contributed by atoms with Crippen LogP contribution >= 0.6 is 0 Å². The molecule has 4 amide bonds. The van der Waals surface area contributed by atoms with E-state index in [2.05, 4.69) is 10.6 Å². The highest BCUT2D eigenvalue weighted by Crippen LogP contribution is 2.23. The number of amides is 4. The van der Waals surface area contributed by atoms with Gasteiger partial charge < -0.3 is 41.3 Å². The lowest BCUT2D eigenvalue weighted by Gasteiger charge is -2.39. The van der Waals surface area contributed by atoms with E-state index in [1.807, 2.05) is 0 Å². The minimum Gasteiger partial charge on any atom is -0.388 e. The molecule has 2 fully saturated rings. The van der Waals surface area contributed by atoms with Crippen molar-refractivity contribution >= 4 is 23.6 Å². The maximum atomic E-state index is 12.8. The Bertz CT molecular complexity index is 704. The molecule has 0 aromatic rings. The first-order valence-electron chi connectivity index (χ1n) is 10.3. The molecule has 0 unspecified atom stereocenters.